The molecule has 6 heterocycles. The molecule has 2 aromatic rings. The lowest BCUT2D eigenvalue weighted by Crippen LogP contribution is -2.55. The SMILES string of the molecule is C=CC(=O)N1CCN(c2nc(OC[C@@H]3CCCN3C)nc3c2CCN(c2ncnc4c2N(C)CCC4)C3)C[C@@H]1CC#N. The molecule has 2 fully saturated rings. The van der Waals surface area contributed by atoms with E-state index in [1.165, 1.54) is 12.5 Å². The van der Waals surface area contributed by atoms with Crippen molar-refractivity contribution in [2.75, 3.05) is 74.7 Å². The van der Waals surface area contributed by atoms with Crippen LogP contribution in [0.1, 0.15) is 42.6 Å². The van der Waals surface area contributed by atoms with E-state index in [2.05, 4.69) is 51.3 Å². The Bertz CT molecular complexity index is 1380. The molecule has 4 aliphatic heterocycles. The third-order valence-electron chi connectivity index (χ3n) is 9.13. The number of nitriles is 1. The van der Waals surface area contributed by atoms with Gasteiger partial charge in [-0.3, -0.25) is 4.79 Å². The summed E-state index contributed by atoms with van der Waals surface area (Å²) in [7, 11) is 4.25. The number of carbonyl (C=O) groups excluding carboxylic acids is 1. The minimum atomic E-state index is -0.237. The van der Waals surface area contributed by atoms with Crippen LogP contribution < -0.4 is 19.4 Å². The molecule has 12 heteroatoms. The van der Waals surface area contributed by atoms with Gasteiger partial charge in [0.15, 0.2) is 5.82 Å². The lowest BCUT2D eigenvalue weighted by molar-refractivity contribution is -0.128. The van der Waals surface area contributed by atoms with E-state index in [4.69, 9.17) is 19.7 Å². The first kappa shape index (κ1) is 28.2. The Labute approximate surface area is 247 Å². The van der Waals surface area contributed by atoms with E-state index in [0.717, 1.165) is 79.6 Å². The number of fused-ring (bicyclic) bond motifs is 2. The Morgan fingerprint density at radius 2 is 1.93 bits per heavy atom. The fourth-order valence-corrected chi connectivity index (χ4v) is 6.80. The Hall–Kier alpha value is -3.98. The topological polar surface area (TPSA) is 118 Å². The molecule has 0 radical (unpaired) electrons. The molecule has 2 saturated heterocycles. The summed E-state index contributed by atoms with van der Waals surface area (Å²) < 4.78 is 6.28. The first-order valence-corrected chi connectivity index (χ1v) is 15.0. The Morgan fingerprint density at radius 3 is 2.71 bits per heavy atom. The molecule has 12 nitrogen and oxygen atoms in total. The van der Waals surface area contributed by atoms with Gasteiger partial charge in [-0.1, -0.05) is 6.58 Å². The van der Waals surface area contributed by atoms with Crippen molar-refractivity contribution in [3.63, 3.8) is 0 Å². The minimum Gasteiger partial charge on any atom is -0.462 e. The smallest absolute Gasteiger partial charge is 0.318 e. The molecule has 4 aliphatic rings. The summed E-state index contributed by atoms with van der Waals surface area (Å²) in [4.78, 5) is 42.6. The highest BCUT2D eigenvalue weighted by Gasteiger charge is 2.34. The van der Waals surface area contributed by atoms with Crippen molar-refractivity contribution in [2.24, 2.45) is 0 Å². The maximum atomic E-state index is 12.5. The summed E-state index contributed by atoms with van der Waals surface area (Å²) in [6.45, 7) is 9.28. The van der Waals surface area contributed by atoms with Gasteiger partial charge in [0.2, 0.25) is 5.91 Å². The molecule has 0 aliphatic carbocycles. The second-order valence-electron chi connectivity index (χ2n) is 11.7. The number of hydrogen-bond acceptors (Lipinski definition) is 11. The number of piperazine rings is 1. The largest absolute Gasteiger partial charge is 0.462 e. The third kappa shape index (κ3) is 5.45. The quantitative estimate of drug-likeness (QED) is 0.452. The molecule has 0 spiro atoms. The molecular weight excluding hydrogens is 532 g/mol. The lowest BCUT2D eigenvalue weighted by Gasteiger charge is -2.42. The number of nitrogens with zero attached hydrogens (tertiary/aromatic N) is 10. The number of anilines is 3. The Morgan fingerprint density at radius 1 is 1.05 bits per heavy atom. The second kappa shape index (κ2) is 12.1. The average Bonchev–Trinajstić information content (AvgIpc) is 3.43. The molecule has 222 valence electrons. The summed E-state index contributed by atoms with van der Waals surface area (Å²) in [5, 5.41) is 9.52. The Balaban J connectivity index is 1.32. The highest BCUT2D eigenvalue weighted by molar-refractivity contribution is 5.87. The minimum absolute atomic E-state index is 0.141. The molecule has 0 aromatic carbocycles. The molecule has 0 unspecified atom stereocenters. The summed E-state index contributed by atoms with van der Waals surface area (Å²) in [5.41, 5.74) is 4.26. The van der Waals surface area contributed by atoms with Gasteiger partial charge in [0.1, 0.15) is 24.4 Å². The van der Waals surface area contributed by atoms with Gasteiger partial charge in [-0.15, -0.1) is 0 Å². The fourth-order valence-electron chi connectivity index (χ4n) is 6.80. The van der Waals surface area contributed by atoms with E-state index in [1.54, 1.807) is 11.2 Å². The van der Waals surface area contributed by atoms with E-state index < -0.39 is 0 Å². The van der Waals surface area contributed by atoms with E-state index >= 15 is 0 Å². The van der Waals surface area contributed by atoms with Crippen LogP contribution >= 0.6 is 0 Å². The highest BCUT2D eigenvalue weighted by atomic mass is 16.5. The van der Waals surface area contributed by atoms with Crippen LogP contribution in [0.4, 0.5) is 17.3 Å². The van der Waals surface area contributed by atoms with E-state index in [0.29, 0.717) is 44.8 Å². The average molecular weight is 573 g/mol. The second-order valence-corrected chi connectivity index (χ2v) is 11.7. The number of ether oxygens (including phenoxy) is 1. The van der Waals surface area contributed by atoms with Gasteiger partial charge in [-0.2, -0.15) is 15.2 Å². The predicted octanol–water partition coefficient (Wildman–Crippen LogP) is 1.80. The molecule has 0 saturated carbocycles. The van der Waals surface area contributed by atoms with Crippen molar-refractivity contribution in [1.82, 2.24) is 29.7 Å². The molecule has 1 amide bonds. The number of likely N-dealkylation sites (N-methyl/N-ethyl adjacent to an activating group) is 1. The Kier molecular flexibility index (Phi) is 8.11. The van der Waals surface area contributed by atoms with E-state index in [1.807, 2.05) is 0 Å². The summed E-state index contributed by atoms with van der Waals surface area (Å²) in [6, 6.07) is 2.76. The molecule has 2 aromatic heterocycles. The van der Waals surface area contributed by atoms with Crippen molar-refractivity contribution in [3.8, 4) is 12.1 Å². The van der Waals surface area contributed by atoms with Crippen LogP contribution in [0.5, 0.6) is 6.01 Å². The molecule has 42 heavy (non-hydrogen) atoms. The fraction of sp³-hybridized carbons (Fsp3) is 0.600. The number of aryl methyl sites for hydroxylation is 1. The zero-order valence-electron chi connectivity index (χ0n) is 24.7. The van der Waals surface area contributed by atoms with Crippen molar-refractivity contribution < 1.29 is 9.53 Å². The van der Waals surface area contributed by atoms with Crippen molar-refractivity contribution >= 4 is 23.2 Å². The number of rotatable bonds is 7. The van der Waals surface area contributed by atoms with E-state index in [-0.39, 0.29) is 18.4 Å². The van der Waals surface area contributed by atoms with Crippen LogP contribution in [0.25, 0.3) is 0 Å². The van der Waals surface area contributed by atoms with Crippen molar-refractivity contribution in [1.29, 1.82) is 5.26 Å². The van der Waals surface area contributed by atoms with Gasteiger partial charge < -0.3 is 29.2 Å². The third-order valence-corrected chi connectivity index (χ3v) is 9.13. The summed E-state index contributed by atoms with van der Waals surface area (Å²) in [5.74, 6) is 1.66. The number of aromatic nitrogens is 4. The van der Waals surface area contributed by atoms with Crippen molar-refractivity contribution in [3.05, 3.63) is 35.9 Å². The molecule has 0 N–H and O–H groups in total. The van der Waals surface area contributed by atoms with Gasteiger partial charge in [0.25, 0.3) is 0 Å². The van der Waals surface area contributed by atoms with Crippen LogP contribution in [0.2, 0.25) is 0 Å². The zero-order valence-corrected chi connectivity index (χ0v) is 24.7. The van der Waals surface area contributed by atoms with Gasteiger partial charge in [-0.25, -0.2) is 9.97 Å². The lowest BCUT2D eigenvalue weighted by atomic mass is 10.0. The van der Waals surface area contributed by atoms with Crippen molar-refractivity contribution in [2.45, 2.75) is 57.2 Å². The van der Waals surface area contributed by atoms with Crippen LogP contribution in [-0.2, 0) is 24.2 Å². The maximum absolute atomic E-state index is 12.5. The van der Waals surface area contributed by atoms with Gasteiger partial charge in [-0.05, 0) is 51.8 Å². The van der Waals surface area contributed by atoms with Crippen LogP contribution in [0.15, 0.2) is 19.0 Å². The first-order valence-electron chi connectivity index (χ1n) is 15.0. The monoisotopic (exact) mass is 572 g/mol. The van der Waals surface area contributed by atoms with Gasteiger partial charge >= 0.3 is 6.01 Å². The predicted molar refractivity (Wildman–Crippen MR) is 160 cm³/mol. The normalized spacial score (nSPS) is 22.4. The summed E-state index contributed by atoms with van der Waals surface area (Å²) in [6.07, 6.45) is 8.34. The standard InChI is InChI=1S/C30H40N10O2/c1-4-26(41)40-16-15-39(17-21(40)9-11-31)28-23-10-14-38(29-27-24(32-20-33-29)8-6-13-37(27)3)18-25(23)34-30(35-28)42-19-22-7-5-12-36(22)2/h4,20-22H,1,5-10,12-19H2,2-3H3/t21-,22-/m0/s1. The van der Waals surface area contributed by atoms with E-state index in [9.17, 15) is 10.1 Å². The molecule has 0 bridgehead atoms. The molecular formula is C30H40N10O2. The molecule has 6 rings (SSSR count). The van der Waals surface area contributed by atoms with Crippen LogP contribution in [0, 0.1) is 11.3 Å². The molecule has 2 atom stereocenters. The first-order chi connectivity index (χ1) is 20.5. The summed E-state index contributed by atoms with van der Waals surface area (Å²) >= 11 is 0. The van der Waals surface area contributed by atoms with Crippen LogP contribution in [-0.4, -0.2) is 108 Å². The number of hydrogen-bond donors (Lipinski definition) is 0. The van der Waals surface area contributed by atoms with Crippen LogP contribution in [0.3, 0.4) is 0 Å². The highest BCUT2D eigenvalue weighted by Crippen LogP contribution is 2.37. The number of carbonyl (C=O) groups is 1. The number of likely N-dealkylation sites (tertiary alicyclic amines) is 1. The maximum Gasteiger partial charge on any atom is 0.318 e. The van der Waals surface area contributed by atoms with Gasteiger partial charge in [0.05, 0.1) is 36.5 Å². The zero-order chi connectivity index (χ0) is 29.2. The number of amides is 1. The van der Waals surface area contributed by atoms with Gasteiger partial charge in [0, 0.05) is 51.4 Å².